The minimum absolute atomic E-state index is 0.110. The van der Waals surface area contributed by atoms with E-state index in [4.69, 9.17) is 0 Å². The predicted molar refractivity (Wildman–Crippen MR) is 66.7 cm³/mol. The number of hydrogen-bond acceptors (Lipinski definition) is 1. The molecule has 2 unspecified atom stereocenters. The number of nitrogens with one attached hydrogen (secondary N) is 1. The zero-order chi connectivity index (χ0) is 13.7. The van der Waals surface area contributed by atoms with Crippen LogP contribution in [0.2, 0.25) is 0 Å². The molecule has 0 bridgehead atoms. The molecule has 1 aromatic carbocycles. The van der Waals surface area contributed by atoms with E-state index < -0.39 is 11.7 Å². The van der Waals surface area contributed by atoms with E-state index in [-0.39, 0.29) is 23.1 Å². The third kappa shape index (κ3) is 1.98. The summed E-state index contributed by atoms with van der Waals surface area (Å²) in [7, 11) is 0. The average Bonchev–Trinajstić information content (AvgIpc) is 2.24. The summed E-state index contributed by atoms with van der Waals surface area (Å²) < 4.78 is 39.0. The van der Waals surface area contributed by atoms with Crippen LogP contribution >= 0.6 is 0 Å². The molecule has 100 valence electrons. The molecule has 1 nitrogen and oxygen atoms in total. The fraction of sp³-hybridized carbons (Fsp3) is 0.571. The molecule has 1 aromatic rings. The molecular formula is C14H18F3N. The molecule has 0 saturated carbocycles. The van der Waals surface area contributed by atoms with Gasteiger partial charge in [0, 0.05) is 5.54 Å². The van der Waals surface area contributed by atoms with Crippen molar-refractivity contribution in [2.75, 3.05) is 5.32 Å². The second-order valence-electron chi connectivity index (χ2n) is 5.69. The molecule has 0 fully saturated rings. The molecule has 1 N–H and O–H groups in total. The van der Waals surface area contributed by atoms with Crippen LogP contribution in [-0.2, 0) is 6.18 Å². The van der Waals surface area contributed by atoms with Crippen LogP contribution in [-0.4, -0.2) is 5.54 Å². The standard InChI is InChI=1S/C14H18F3N/c1-8-9(2)13(3,4)18-12-10(8)6-5-7-11(12)14(15,16)17/h5-9,18H,1-4H3. The van der Waals surface area contributed by atoms with Crippen LogP contribution in [0.3, 0.4) is 0 Å². The van der Waals surface area contributed by atoms with Crippen molar-refractivity contribution in [3.8, 4) is 0 Å². The molecular weight excluding hydrogens is 239 g/mol. The van der Waals surface area contributed by atoms with Crippen molar-refractivity contribution in [2.45, 2.75) is 45.3 Å². The lowest BCUT2D eigenvalue weighted by molar-refractivity contribution is -0.137. The Morgan fingerprint density at radius 2 is 1.78 bits per heavy atom. The second-order valence-corrected chi connectivity index (χ2v) is 5.69. The molecule has 0 amide bonds. The van der Waals surface area contributed by atoms with Crippen molar-refractivity contribution in [1.29, 1.82) is 0 Å². The van der Waals surface area contributed by atoms with Crippen molar-refractivity contribution in [1.82, 2.24) is 0 Å². The highest BCUT2D eigenvalue weighted by atomic mass is 19.4. The number of hydrogen-bond donors (Lipinski definition) is 1. The van der Waals surface area contributed by atoms with Gasteiger partial charge in [-0.1, -0.05) is 26.0 Å². The molecule has 2 atom stereocenters. The second kappa shape index (κ2) is 3.90. The molecule has 0 spiro atoms. The van der Waals surface area contributed by atoms with E-state index in [2.05, 4.69) is 12.2 Å². The SMILES string of the molecule is CC1c2cccc(C(F)(F)F)c2NC(C)(C)C1C. The Balaban J connectivity index is 2.61. The third-order valence-corrected chi connectivity index (χ3v) is 4.23. The molecule has 2 rings (SSSR count). The summed E-state index contributed by atoms with van der Waals surface area (Å²) in [6.07, 6.45) is -4.31. The van der Waals surface area contributed by atoms with E-state index in [0.29, 0.717) is 0 Å². The van der Waals surface area contributed by atoms with Gasteiger partial charge in [-0.05, 0) is 37.3 Å². The molecule has 0 aliphatic carbocycles. The molecule has 0 saturated heterocycles. The van der Waals surface area contributed by atoms with Crippen molar-refractivity contribution >= 4 is 5.69 Å². The lowest BCUT2D eigenvalue weighted by Gasteiger charge is -2.44. The maximum atomic E-state index is 13.0. The summed E-state index contributed by atoms with van der Waals surface area (Å²) in [6, 6.07) is 4.42. The van der Waals surface area contributed by atoms with Gasteiger partial charge in [0.05, 0.1) is 11.3 Å². The first-order valence-electron chi connectivity index (χ1n) is 6.13. The molecule has 1 heterocycles. The van der Waals surface area contributed by atoms with Crippen LogP contribution in [0.5, 0.6) is 0 Å². The lowest BCUT2D eigenvalue weighted by Crippen LogP contribution is -2.45. The van der Waals surface area contributed by atoms with Crippen LogP contribution in [0, 0.1) is 5.92 Å². The Labute approximate surface area is 105 Å². The Morgan fingerprint density at radius 1 is 1.17 bits per heavy atom. The van der Waals surface area contributed by atoms with Crippen molar-refractivity contribution in [2.24, 2.45) is 5.92 Å². The van der Waals surface area contributed by atoms with Gasteiger partial charge in [0.25, 0.3) is 0 Å². The number of anilines is 1. The number of para-hydroxylation sites is 1. The number of alkyl halides is 3. The molecule has 18 heavy (non-hydrogen) atoms. The molecule has 1 aliphatic heterocycles. The van der Waals surface area contributed by atoms with Gasteiger partial charge in [-0.25, -0.2) is 0 Å². The van der Waals surface area contributed by atoms with Gasteiger partial charge < -0.3 is 5.32 Å². The summed E-state index contributed by atoms with van der Waals surface area (Å²) in [5.74, 6) is 0.382. The normalized spacial score (nSPS) is 26.4. The van der Waals surface area contributed by atoms with Gasteiger partial charge in [-0.15, -0.1) is 0 Å². The maximum Gasteiger partial charge on any atom is 0.418 e. The highest BCUT2D eigenvalue weighted by molar-refractivity contribution is 5.63. The largest absolute Gasteiger partial charge is 0.418 e. The Bertz CT molecular complexity index is 463. The van der Waals surface area contributed by atoms with Gasteiger partial charge >= 0.3 is 6.18 Å². The predicted octanol–water partition coefficient (Wildman–Crippen LogP) is 4.65. The Kier molecular flexibility index (Phi) is 2.87. The highest BCUT2D eigenvalue weighted by Crippen LogP contribution is 2.47. The van der Waals surface area contributed by atoms with Crippen LogP contribution in [0.4, 0.5) is 18.9 Å². The average molecular weight is 257 g/mol. The van der Waals surface area contributed by atoms with Gasteiger partial charge in [0.1, 0.15) is 0 Å². The maximum absolute atomic E-state index is 13.0. The number of halogens is 3. The first-order chi connectivity index (χ1) is 8.14. The van der Waals surface area contributed by atoms with E-state index in [0.717, 1.165) is 11.6 Å². The monoisotopic (exact) mass is 257 g/mol. The van der Waals surface area contributed by atoms with Crippen LogP contribution in [0.15, 0.2) is 18.2 Å². The Morgan fingerprint density at radius 3 is 2.33 bits per heavy atom. The topological polar surface area (TPSA) is 12.0 Å². The summed E-state index contributed by atoms with van der Waals surface area (Å²) in [6.45, 7) is 7.96. The van der Waals surface area contributed by atoms with Crippen LogP contribution in [0.1, 0.15) is 44.7 Å². The summed E-state index contributed by atoms with van der Waals surface area (Å²) >= 11 is 0. The van der Waals surface area contributed by atoms with E-state index in [1.807, 2.05) is 20.8 Å². The van der Waals surface area contributed by atoms with Gasteiger partial charge in [-0.3, -0.25) is 0 Å². The quantitative estimate of drug-likeness (QED) is 0.713. The fourth-order valence-electron chi connectivity index (χ4n) is 2.66. The van der Waals surface area contributed by atoms with E-state index in [1.165, 1.54) is 6.07 Å². The van der Waals surface area contributed by atoms with Gasteiger partial charge in [0.15, 0.2) is 0 Å². The summed E-state index contributed by atoms with van der Waals surface area (Å²) in [4.78, 5) is 0. The minimum atomic E-state index is -4.31. The smallest absolute Gasteiger partial charge is 0.379 e. The van der Waals surface area contributed by atoms with Crippen LogP contribution < -0.4 is 5.32 Å². The zero-order valence-electron chi connectivity index (χ0n) is 11.0. The van der Waals surface area contributed by atoms with Crippen molar-refractivity contribution in [3.63, 3.8) is 0 Å². The zero-order valence-corrected chi connectivity index (χ0v) is 11.0. The fourth-order valence-corrected chi connectivity index (χ4v) is 2.66. The summed E-state index contributed by atoms with van der Waals surface area (Å²) in [5.41, 5.74) is 0.109. The van der Waals surface area contributed by atoms with E-state index in [1.54, 1.807) is 6.07 Å². The van der Waals surface area contributed by atoms with Crippen molar-refractivity contribution < 1.29 is 13.2 Å². The molecule has 0 aromatic heterocycles. The number of rotatable bonds is 0. The number of benzene rings is 1. The summed E-state index contributed by atoms with van der Waals surface area (Å²) in [5, 5.41) is 3.07. The Hall–Kier alpha value is -1.19. The number of fused-ring (bicyclic) bond motifs is 1. The van der Waals surface area contributed by atoms with Crippen LogP contribution in [0.25, 0.3) is 0 Å². The molecule has 1 aliphatic rings. The molecule has 4 heteroatoms. The van der Waals surface area contributed by atoms with Gasteiger partial charge in [-0.2, -0.15) is 13.2 Å². The third-order valence-electron chi connectivity index (χ3n) is 4.23. The van der Waals surface area contributed by atoms with E-state index >= 15 is 0 Å². The van der Waals surface area contributed by atoms with Gasteiger partial charge in [0.2, 0.25) is 0 Å². The first kappa shape index (κ1) is 13.2. The lowest BCUT2D eigenvalue weighted by atomic mass is 9.72. The minimum Gasteiger partial charge on any atom is -0.379 e. The molecule has 0 radical (unpaired) electrons. The van der Waals surface area contributed by atoms with Crippen molar-refractivity contribution in [3.05, 3.63) is 29.3 Å². The highest BCUT2D eigenvalue weighted by Gasteiger charge is 2.42. The van der Waals surface area contributed by atoms with E-state index in [9.17, 15) is 13.2 Å². The first-order valence-corrected chi connectivity index (χ1v) is 6.13.